The maximum Gasteiger partial charge on any atom is 0.415 e. The highest BCUT2D eigenvalue weighted by molar-refractivity contribution is 5.90. The molecule has 1 aliphatic carbocycles. The van der Waals surface area contributed by atoms with Crippen molar-refractivity contribution in [2.24, 2.45) is 5.92 Å². The normalized spacial score (nSPS) is 21.6. The van der Waals surface area contributed by atoms with Gasteiger partial charge in [-0.1, -0.05) is 18.2 Å². The molecule has 0 bridgehead atoms. The van der Waals surface area contributed by atoms with Gasteiger partial charge in [0.05, 0.1) is 18.2 Å². The monoisotopic (exact) mass is 481 g/mol. The lowest BCUT2D eigenvalue weighted by Gasteiger charge is -2.35. The minimum absolute atomic E-state index is 0. The lowest BCUT2D eigenvalue weighted by atomic mass is 9.78. The second-order valence-electron chi connectivity index (χ2n) is 8.72. The molecule has 5 rings (SSSR count). The second-order valence-corrected chi connectivity index (χ2v) is 8.72. The molecule has 1 spiro atoms. The SMILES string of the molecule is Cl.N#Cc1cccc(N2CC3(CCC(CNc4ccn(-c5ccccc5F)n4)CC3)OC2=O)c1. The molecule has 1 saturated heterocycles. The zero-order chi connectivity index (χ0) is 22.8. The summed E-state index contributed by atoms with van der Waals surface area (Å²) in [7, 11) is 0. The van der Waals surface area contributed by atoms with Gasteiger partial charge in [-0.25, -0.2) is 13.9 Å². The number of nitrogens with zero attached hydrogens (tertiary/aromatic N) is 4. The van der Waals surface area contributed by atoms with Crippen molar-refractivity contribution in [3.63, 3.8) is 0 Å². The molecule has 1 aromatic heterocycles. The topological polar surface area (TPSA) is 83.2 Å². The Morgan fingerprint density at radius 2 is 1.97 bits per heavy atom. The van der Waals surface area contributed by atoms with E-state index >= 15 is 0 Å². The summed E-state index contributed by atoms with van der Waals surface area (Å²) in [6.07, 6.45) is 4.85. The minimum Gasteiger partial charge on any atom is -0.441 e. The Balaban J connectivity index is 0.00000274. The zero-order valence-corrected chi connectivity index (χ0v) is 19.3. The van der Waals surface area contributed by atoms with E-state index < -0.39 is 5.60 Å². The summed E-state index contributed by atoms with van der Waals surface area (Å²) in [6.45, 7) is 1.26. The van der Waals surface area contributed by atoms with Crippen LogP contribution in [0.1, 0.15) is 31.2 Å². The van der Waals surface area contributed by atoms with Crippen LogP contribution in [0.15, 0.2) is 60.8 Å². The fourth-order valence-corrected chi connectivity index (χ4v) is 4.67. The number of halogens is 2. The number of nitriles is 1. The molecule has 2 heterocycles. The van der Waals surface area contributed by atoms with Crippen molar-refractivity contribution in [1.82, 2.24) is 9.78 Å². The van der Waals surface area contributed by atoms with Crippen LogP contribution in [0.4, 0.5) is 20.7 Å². The van der Waals surface area contributed by atoms with Crippen LogP contribution in [0.2, 0.25) is 0 Å². The van der Waals surface area contributed by atoms with Gasteiger partial charge in [-0.2, -0.15) is 10.4 Å². The third-order valence-electron chi connectivity index (χ3n) is 6.53. The van der Waals surface area contributed by atoms with E-state index in [9.17, 15) is 9.18 Å². The number of carbonyl (C=O) groups is 1. The number of rotatable bonds is 5. The molecule has 1 saturated carbocycles. The van der Waals surface area contributed by atoms with Gasteiger partial charge in [0.1, 0.15) is 22.9 Å². The first-order valence-corrected chi connectivity index (χ1v) is 11.1. The molecule has 2 aliphatic rings. The van der Waals surface area contributed by atoms with Gasteiger partial charge in [0.2, 0.25) is 0 Å². The molecule has 176 valence electrons. The van der Waals surface area contributed by atoms with Gasteiger partial charge in [0.25, 0.3) is 0 Å². The van der Waals surface area contributed by atoms with Crippen molar-refractivity contribution in [3.8, 4) is 11.8 Å². The number of anilines is 2. The zero-order valence-electron chi connectivity index (χ0n) is 18.5. The van der Waals surface area contributed by atoms with Crippen molar-refractivity contribution in [3.05, 3.63) is 72.2 Å². The Morgan fingerprint density at radius 3 is 2.74 bits per heavy atom. The highest BCUT2D eigenvalue weighted by atomic mass is 35.5. The van der Waals surface area contributed by atoms with E-state index in [1.807, 2.05) is 12.1 Å². The van der Waals surface area contributed by atoms with Crippen molar-refractivity contribution in [2.45, 2.75) is 31.3 Å². The van der Waals surface area contributed by atoms with Gasteiger partial charge in [-0.3, -0.25) is 4.90 Å². The summed E-state index contributed by atoms with van der Waals surface area (Å²) < 4.78 is 21.3. The smallest absolute Gasteiger partial charge is 0.415 e. The third-order valence-corrected chi connectivity index (χ3v) is 6.53. The predicted molar refractivity (Wildman–Crippen MR) is 129 cm³/mol. The molecule has 1 aliphatic heterocycles. The first kappa shape index (κ1) is 23.6. The van der Waals surface area contributed by atoms with E-state index in [-0.39, 0.29) is 24.3 Å². The summed E-state index contributed by atoms with van der Waals surface area (Å²) in [4.78, 5) is 14.2. The van der Waals surface area contributed by atoms with Crippen LogP contribution < -0.4 is 10.2 Å². The maximum absolute atomic E-state index is 14.0. The van der Waals surface area contributed by atoms with Crippen LogP contribution >= 0.6 is 12.4 Å². The molecule has 3 aromatic rings. The van der Waals surface area contributed by atoms with Gasteiger partial charge >= 0.3 is 6.09 Å². The first-order chi connectivity index (χ1) is 16.0. The van der Waals surface area contributed by atoms with Crippen molar-refractivity contribution >= 4 is 30.0 Å². The molecule has 1 N–H and O–H groups in total. The first-order valence-electron chi connectivity index (χ1n) is 11.1. The van der Waals surface area contributed by atoms with E-state index in [0.717, 1.165) is 32.2 Å². The summed E-state index contributed by atoms with van der Waals surface area (Å²) >= 11 is 0. The maximum atomic E-state index is 14.0. The van der Waals surface area contributed by atoms with Gasteiger partial charge in [0.15, 0.2) is 0 Å². The van der Waals surface area contributed by atoms with E-state index in [1.54, 1.807) is 47.5 Å². The molecule has 0 atom stereocenters. The Bertz CT molecular complexity index is 1220. The van der Waals surface area contributed by atoms with Gasteiger partial charge in [0, 0.05) is 24.5 Å². The number of aromatic nitrogens is 2. The Labute approximate surface area is 203 Å². The number of amides is 1. The fraction of sp³-hybridized carbons (Fsp3) is 0.320. The average Bonchev–Trinajstić information content (AvgIpc) is 3.44. The minimum atomic E-state index is -0.470. The molecule has 34 heavy (non-hydrogen) atoms. The Morgan fingerprint density at radius 1 is 1.18 bits per heavy atom. The summed E-state index contributed by atoms with van der Waals surface area (Å²) in [5, 5.41) is 16.9. The molecule has 2 fully saturated rings. The van der Waals surface area contributed by atoms with Gasteiger partial charge < -0.3 is 10.1 Å². The highest BCUT2D eigenvalue weighted by Gasteiger charge is 2.47. The van der Waals surface area contributed by atoms with E-state index in [0.29, 0.717) is 35.2 Å². The van der Waals surface area contributed by atoms with Crippen LogP contribution in [0, 0.1) is 23.1 Å². The lowest BCUT2D eigenvalue weighted by Crippen LogP contribution is -2.39. The molecule has 0 radical (unpaired) electrons. The molecule has 1 amide bonds. The fourth-order valence-electron chi connectivity index (χ4n) is 4.67. The Hall–Kier alpha value is -3.57. The van der Waals surface area contributed by atoms with E-state index in [1.165, 1.54) is 10.7 Å². The second kappa shape index (κ2) is 9.74. The largest absolute Gasteiger partial charge is 0.441 e. The van der Waals surface area contributed by atoms with Crippen LogP contribution in [0.3, 0.4) is 0 Å². The quantitative estimate of drug-likeness (QED) is 0.534. The molecule has 0 unspecified atom stereocenters. The number of ether oxygens (including phenoxy) is 1. The molecule has 2 aromatic carbocycles. The standard InChI is InChI=1S/C25H24FN5O2.ClH/c26-21-6-1-2-7-22(21)31-13-10-23(29-31)28-16-18-8-11-25(12-9-18)17-30(24(32)33-25)20-5-3-4-19(14-20)15-27;/h1-7,10,13-14,18H,8-9,11-12,16-17H2,(H,28,29);1H. The summed E-state index contributed by atoms with van der Waals surface area (Å²) in [5.74, 6) is 0.822. The number of hydrogen-bond acceptors (Lipinski definition) is 5. The predicted octanol–water partition coefficient (Wildman–Crippen LogP) is 5.30. The van der Waals surface area contributed by atoms with E-state index in [4.69, 9.17) is 10.00 Å². The number of nitrogens with one attached hydrogen (secondary N) is 1. The number of benzene rings is 2. The number of carbonyl (C=O) groups excluding carboxylic acids is 1. The van der Waals surface area contributed by atoms with E-state index in [2.05, 4.69) is 16.5 Å². The number of hydrogen-bond donors (Lipinski definition) is 1. The average molecular weight is 482 g/mol. The van der Waals surface area contributed by atoms with Crippen LogP contribution in [-0.4, -0.2) is 34.6 Å². The van der Waals surface area contributed by atoms with Crippen molar-refractivity contribution in [2.75, 3.05) is 23.3 Å². The molecule has 7 nitrogen and oxygen atoms in total. The molecular formula is C25H25ClFN5O2. The lowest BCUT2D eigenvalue weighted by molar-refractivity contribution is 0.0148. The van der Waals surface area contributed by atoms with Crippen LogP contribution in [-0.2, 0) is 4.74 Å². The van der Waals surface area contributed by atoms with Gasteiger partial charge in [-0.05, 0) is 61.9 Å². The molecule has 9 heteroatoms. The van der Waals surface area contributed by atoms with Crippen LogP contribution in [0.5, 0.6) is 0 Å². The summed E-state index contributed by atoms with van der Waals surface area (Å²) in [6, 6.07) is 17.5. The highest BCUT2D eigenvalue weighted by Crippen LogP contribution is 2.41. The third kappa shape index (κ3) is 4.70. The number of para-hydroxylation sites is 1. The summed E-state index contributed by atoms with van der Waals surface area (Å²) in [5.41, 5.74) is 1.17. The molecular weight excluding hydrogens is 457 g/mol. The van der Waals surface area contributed by atoms with Gasteiger partial charge in [-0.15, -0.1) is 12.4 Å². The Kier molecular flexibility index (Phi) is 6.75. The van der Waals surface area contributed by atoms with Crippen LogP contribution in [0.25, 0.3) is 5.69 Å². The van der Waals surface area contributed by atoms with Crippen molar-refractivity contribution in [1.29, 1.82) is 5.26 Å². The van der Waals surface area contributed by atoms with Crippen molar-refractivity contribution < 1.29 is 13.9 Å².